The van der Waals surface area contributed by atoms with Gasteiger partial charge in [-0.15, -0.1) is 0 Å². The van der Waals surface area contributed by atoms with Crippen molar-refractivity contribution in [3.05, 3.63) is 0 Å². The van der Waals surface area contributed by atoms with Gasteiger partial charge < -0.3 is 10.4 Å². The molecule has 0 aromatic heterocycles. The van der Waals surface area contributed by atoms with Crippen molar-refractivity contribution in [1.82, 2.24) is 5.32 Å². The number of aliphatic hydroxyl groups is 1. The van der Waals surface area contributed by atoms with Crippen LogP contribution in [0.3, 0.4) is 0 Å². The number of nitrogens with one attached hydrogen (secondary N) is 1. The molecule has 3 unspecified atom stereocenters. The molecule has 0 saturated heterocycles. The molecule has 1 aliphatic carbocycles. The van der Waals surface area contributed by atoms with Crippen LogP contribution in [0.15, 0.2) is 0 Å². The van der Waals surface area contributed by atoms with Crippen LogP contribution in [0.4, 0.5) is 0 Å². The minimum absolute atomic E-state index is 0.0850. The highest BCUT2D eigenvalue weighted by molar-refractivity contribution is 5.76. The van der Waals surface area contributed by atoms with Crippen LogP contribution < -0.4 is 5.32 Å². The lowest BCUT2D eigenvalue weighted by Gasteiger charge is -2.05. The molecule has 0 aromatic carbocycles. The number of aliphatic hydroxyl groups excluding tert-OH is 1. The first-order valence-electron chi connectivity index (χ1n) is 5.11. The Morgan fingerprint density at radius 1 is 1.69 bits per heavy atom. The van der Waals surface area contributed by atoms with Gasteiger partial charge in [0.15, 0.2) is 0 Å². The van der Waals surface area contributed by atoms with E-state index in [4.69, 9.17) is 5.11 Å². The lowest BCUT2D eigenvalue weighted by Crippen LogP contribution is -2.27. The molecule has 0 spiro atoms. The molecule has 0 heterocycles. The SMILES string of the molecule is CCC1CC1NC(=O)CCC(C)O. The van der Waals surface area contributed by atoms with Crippen molar-refractivity contribution in [1.29, 1.82) is 0 Å². The van der Waals surface area contributed by atoms with Crippen LogP contribution >= 0.6 is 0 Å². The van der Waals surface area contributed by atoms with Crippen LogP contribution in [0.25, 0.3) is 0 Å². The highest BCUT2D eigenvalue weighted by Gasteiger charge is 2.36. The van der Waals surface area contributed by atoms with Crippen molar-refractivity contribution in [2.24, 2.45) is 5.92 Å². The summed E-state index contributed by atoms with van der Waals surface area (Å²) < 4.78 is 0. The van der Waals surface area contributed by atoms with Crippen LogP contribution in [0.1, 0.15) is 39.5 Å². The third-order valence-corrected chi connectivity index (χ3v) is 2.58. The smallest absolute Gasteiger partial charge is 0.220 e. The van der Waals surface area contributed by atoms with Crippen LogP contribution in [0.2, 0.25) is 0 Å². The summed E-state index contributed by atoms with van der Waals surface area (Å²) in [5.41, 5.74) is 0. The Hall–Kier alpha value is -0.570. The van der Waals surface area contributed by atoms with Gasteiger partial charge in [-0.05, 0) is 25.7 Å². The van der Waals surface area contributed by atoms with Gasteiger partial charge in [0.25, 0.3) is 0 Å². The molecule has 1 fully saturated rings. The van der Waals surface area contributed by atoms with E-state index in [0.29, 0.717) is 24.8 Å². The fourth-order valence-corrected chi connectivity index (χ4v) is 1.49. The molecule has 0 aliphatic heterocycles. The summed E-state index contributed by atoms with van der Waals surface area (Å²) in [4.78, 5) is 11.2. The second-order valence-corrected chi connectivity index (χ2v) is 3.97. The Bertz CT molecular complexity index is 180. The summed E-state index contributed by atoms with van der Waals surface area (Å²) >= 11 is 0. The van der Waals surface area contributed by atoms with E-state index in [2.05, 4.69) is 12.2 Å². The Kier molecular flexibility index (Phi) is 3.72. The number of amides is 1. The van der Waals surface area contributed by atoms with Gasteiger partial charge in [0, 0.05) is 12.5 Å². The zero-order chi connectivity index (χ0) is 9.84. The van der Waals surface area contributed by atoms with Crippen molar-refractivity contribution in [3.8, 4) is 0 Å². The molecule has 3 atom stereocenters. The van der Waals surface area contributed by atoms with Crippen LogP contribution in [0.5, 0.6) is 0 Å². The van der Waals surface area contributed by atoms with Crippen molar-refractivity contribution < 1.29 is 9.90 Å². The second-order valence-electron chi connectivity index (χ2n) is 3.97. The minimum atomic E-state index is -0.369. The average Bonchev–Trinajstić information content (AvgIpc) is 2.80. The van der Waals surface area contributed by atoms with Crippen LogP contribution in [-0.4, -0.2) is 23.2 Å². The Labute approximate surface area is 79.5 Å². The Balaban J connectivity index is 2.05. The maximum Gasteiger partial charge on any atom is 0.220 e. The summed E-state index contributed by atoms with van der Waals surface area (Å²) in [5, 5.41) is 11.9. The van der Waals surface area contributed by atoms with Gasteiger partial charge in [-0.3, -0.25) is 4.79 Å². The molecular formula is C10H19NO2. The van der Waals surface area contributed by atoms with E-state index in [0.717, 1.165) is 12.8 Å². The number of rotatable bonds is 5. The number of hydrogen-bond acceptors (Lipinski definition) is 2. The topological polar surface area (TPSA) is 49.3 Å². The zero-order valence-corrected chi connectivity index (χ0v) is 8.42. The van der Waals surface area contributed by atoms with E-state index in [9.17, 15) is 4.79 Å². The molecule has 1 amide bonds. The molecule has 0 radical (unpaired) electrons. The summed E-state index contributed by atoms with van der Waals surface area (Å²) in [5.74, 6) is 0.789. The quantitative estimate of drug-likeness (QED) is 0.673. The minimum Gasteiger partial charge on any atom is -0.393 e. The number of carbonyl (C=O) groups is 1. The van der Waals surface area contributed by atoms with Crippen molar-refractivity contribution in [3.63, 3.8) is 0 Å². The maximum absolute atomic E-state index is 11.2. The molecule has 0 aromatic rings. The molecule has 3 heteroatoms. The average molecular weight is 185 g/mol. The monoisotopic (exact) mass is 185 g/mol. The van der Waals surface area contributed by atoms with E-state index in [1.165, 1.54) is 0 Å². The highest BCUT2D eigenvalue weighted by Crippen LogP contribution is 2.33. The van der Waals surface area contributed by atoms with Gasteiger partial charge in [0.05, 0.1) is 6.10 Å². The molecule has 1 aliphatic rings. The lowest BCUT2D eigenvalue weighted by atomic mass is 10.2. The van der Waals surface area contributed by atoms with Gasteiger partial charge in [0.1, 0.15) is 0 Å². The van der Waals surface area contributed by atoms with E-state index in [1.54, 1.807) is 6.92 Å². The summed E-state index contributed by atoms with van der Waals surface area (Å²) in [6.07, 6.45) is 2.94. The summed E-state index contributed by atoms with van der Waals surface area (Å²) in [6, 6.07) is 0.423. The van der Waals surface area contributed by atoms with Crippen LogP contribution in [-0.2, 0) is 4.79 Å². The first kappa shape index (κ1) is 10.5. The van der Waals surface area contributed by atoms with Crippen LogP contribution in [0, 0.1) is 5.92 Å². The predicted molar refractivity (Wildman–Crippen MR) is 51.2 cm³/mol. The largest absolute Gasteiger partial charge is 0.393 e. The molecule has 76 valence electrons. The zero-order valence-electron chi connectivity index (χ0n) is 8.42. The molecule has 2 N–H and O–H groups in total. The van der Waals surface area contributed by atoms with E-state index in [1.807, 2.05) is 0 Å². The Morgan fingerprint density at radius 3 is 2.85 bits per heavy atom. The summed E-state index contributed by atoms with van der Waals surface area (Å²) in [6.45, 7) is 3.85. The molecule has 1 rings (SSSR count). The fraction of sp³-hybridized carbons (Fsp3) is 0.900. The number of hydrogen-bond donors (Lipinski definition) is 2. The molecule has 13 heavy (non-hydrogen) atoms. The van der Waals surface area contributed by atoms with E-state index < -0.39 is 0 Å². The third kappa shape index (κ3) is 3.77. The first-order chi connectivity index (χ1) is 6.13. The van der Waals surface area contributed by atoms with Gasteiger partial charge in [-0.1, -0.05) is 13.3 Å². The predicted octanol–water partition coefficient (Wildman–Crippen LogP) is 1.06. The maximum atomic E-state index is 11.2. The fourth-order valence-electron chi connectivity index (χ4n) is 1.49. The highest BCUT2D eigenvalue weighted by atomic mass is 16.3. The van der Waals surface area contributed by atoms with E-state index >= 15 is 0 Å². The Morgan fingerprint density at radius 2 is 2.38 bits per heavy atom. The van der Waals surface area contributed by atoms with Gasteiger partial charge in [-0.25, -0.2) is 0 Å². The van der Waals surface area contributed by atoms with Gasteiger partial charge >= 0.3 is 0 Å². The standard InChI is InChI=1S/C10H19NO2/c1-3-8-6-9(8)11-10(13)5-4-7(2)12/h7-9,12H,3-6H2,1-2H3,(H,11,13). The van der Waals surface area contributed by atoms with E-state index in [-0.39, 0.29) is 12.0 Å². The molecular weight excluding hydrogens is 166 g/mol. The lowest BCUT2D eigenvalue weighted by molar-refractivity contribution is -0.121. The molecule has 3 nitrogen and oxygen atoms in total. The molecule has 0 bridgehead atoms. The third-order valence-electron chi connectivity index (χ3n) is 2.58. The number of carbonyl (C=O) groups excluding carboxylic acids is 1. The molecule has 1 saturated carbocycles. The van der Waals surface area contributed by atoms with Crippen molar-refractivity contribution >= 4 is 5.91 Å². The second kappa shape index (κ2) is 4.61. The van der Waals surface area contributed by atoms with Crippen molar-refractivity contribution in [2.45, 2.75) is 51.7 Å². The van der Waals surface area contributed by atoms with Crippen molar-refractivity contribution in [2.75, 3.05) is 0 Å². The summed E-state index contributed by atoms with van der Waals surface area (Å²) in [7, 11) is 0. The first-order valence-corrected chi connectivity index (χ1v) is 5.11. The van der Waals surface area contributed by atoms with Gasteiger partial charge in [0.2, 0.25) is 5.91 Å². The normalized spacial score (nSPS) is 28.2. The van der Waals surface area contributed by atoms with Gasteiger partial charge in [-0.2, -0.15) is 0 Å².